The molecule has 2 rings (SSSR count). The Hall–Kier alpha value is -0.620. The Morgan fingerprint density at radius 3 is 2.44 bits per heavy atom. The summed E-state index contributed by atoms with van der Waals surface area (Å²) < 4.78 is 22.7. The summed E-state index contributed by atoms with van der Waals surface area (Å²) in [7, 11) is -3.37. The van der Waals surface area contributed by atoms with Gasteiger partial charge in [-0.25, -0.2) is 8.42 Å². The second kappa shape index (κ2) is 5.17. The average molecular weight is 274 g/mol. The van der Waals surface area contributed by atoms with E-state index < -0.39 is 14.6 Å². The fourth-order valence-corrected chi connectivity index (χ4v) is 3.91. The van der Waals surface area contributed by atoms with E-state index >= 15 is 0 Å². The van der Waals surface area contributed by atoms with E-state index in [9.17, 15) is 13.2 Å². The van der Waals surface area contributed by atoms with Crippen molar-refractivity contribution in [3.8, 4) is 0 Å². The van der Waals surface area contributed by atoms with Crippen LogP contribution >= 0.6 is 0 Å². The maximum absolute atomic E-state index is 12.3. The average Bonchev–Trinajstić information content (AvgIpc) is 3.12. The first-order valence-electron chi connectivity index (χ1n) is 6.64. The maximum atomic E-state index is 12.3. The van der Waals surface area contributed by atoms with E-state index in [1.54, 1.807) is 0 Å². The van der Waals surface area contributed by atoms with Crippen molar-refractivity contribution in [2.24, 2.45) is 5.92 Å². The SMILES string of the molecule is CS(=O)(=O)C1(C(=O)NCCC2CC2)CCNCC1. The van der Waals surface area contributed by atoms with Crippen LogP contribution in [-0.4, -0.2) is 45.0 Å². The van der Waals surface area contributed by atoms with E-state index in [0.717, 1.165) is 12.3 Å². The van der Waals surface area contributed by atoms with E-state index in [2.05, 4.69) is 10.6 Å². The van der Waals surface area contributed by atoms with Gasteiger partial charge in [-0.2, -0.15) is 0 Å². The first-order chi connectivity index (χ1) is 8.46. The van der Waals surface area contributed by atoms with Crippen molar-refractivity contribution in [2.45, 2.75) is 36.9 Å². The zero-order valence-corrected chi connectivity index (χ0v) is 11.7. The van der Waals surface area contributed by atoms with Gasteiger partial charge in [0.25, 0.3) is 0 Å². The number of rotatable bonds is 5. The van der Waals surface area contributed by atoms with E-state index in [1.165, 1.54) is 19.1 Å². The predicted octanol–water partition coefficient (Wildman–Crippen LogP) is 0.0695. The molecule has 0 atom stereocenters. The monoisotopic (exact) mass is 274 g/mol. The van der Waals surface area contributed by atoms with Gasteiger partial charge < -0.3 is 10.6 Å². The summed E-state index contributed by atoms with van der Waals surface area (Å²) in [6.07, 6.45) is 5.40. The van der Waals surface area contributed by atoms with E-state index in [1.807, 2.05) is 0 Å². The van der Waals surface area contributed by atoms with Gasteiger partial charge >= 0.3 is 0 Å². The molecule has 0 radical (unpaired) electrons. The third-order valence-corrected chi connectivity index (χ3v) is 6.08. The highest BCUT2D eigenvalue weighted by atomic mass is 32.2. The fourth-order valence-electron chi connectivity index (χ4n) is 2.55. The molecule has 0 aromatic heterocycles. The Balaban J connectivity index is 2.00. The van der Waals surface area contributed by atoms with Gasteiger partial charge in [0.15, 0.2) is 14.6 Å². The number of nitrogens with one attached hydrogen (secondary N) is 2. The van der Waals surface area contributed by atoms with Gasteiger partial charge in [-0.15, -0.1) is 0 Å². The van der Waals surface area contributed by atoms with Crippen LogP contribution in [0.1, 0.15) is 32.1 Å². The Kier molecular flexibility index (Phi) is 3.96. The minimum absolute atomic E-state index is 0.299. The summed E-state index contributed by atoms with van der Waals surface area (Å²) in [6.45, 7) is 1.78. The molecule has 5 nitrogen and oxygen atoms in total. The molecule has 0 aromatic rings. The molecule has 1 saturated heterocycles. The normalized spacial score (nSPS) is 23.6. The molecule has 2 aliphatic rings. The van der Waals surface area contributed by atoms with E-state index in [-0.39, 0.29) is 5.91 Å². The molecule has 1 saturated carbocycles. The molecule has 0 bridgehead atoms. The van der Waals surface area contributed by atoms with Crippen LogP contribution in [-0.2, 0) is 14.6 Å². The predicted molar refractivity (Wildman–Crippen MR) is 70.0 cm³/mol. The summed E-state index contributed by atoms with van der Waals surface area (Å²) in [6, 6.07) is 0. The van der Waals surface area contributed by atoms with Crippen LogP contribution in [0, 0.1) is 5.92 Å². The van der Waals surface area contributed by atoms with Crippen LogP contribution in [0.4, 0.5) is 0 Å². The Morgan fingerprint density at radius 1 is 1.33 bits per heavy atom. The number of sulfone groups is 1. The van der Waals surface area contributed by atoms with Gasteiger partial charge in [-0.1, -0.05) is 12.8 Å². The summed E-state index contributed by atoms with van der Waals surface area (Å²) in [5, 5.41) is 5.93. The minimum atomic E-state index is -3.37. The smallest absolute Gasteiger partial charge is 0.241 e. The van der Waals surface area contributed by atoms with Gasteiger partial charge in [0.1, 0.15) is 0 Å². The second-order valence-electron chi connectivity index (χ2n) is 5.50. The molecule has 0 spiro atoms. The topological polar surface area (TPSA) is 75.3 Å². The van der Waals surface area contributed by atoms with Crippen molar-refractivity contribution in [3.05, 3.63) is 0 Å². The molecule has 0 aromatic carbocycles. The molecule has 1 aliphatic heterocycles. The summed E-state index contributed by atoms with van der Waals surface area (Å²) in [5.41, 5.74) is 0. The van der Waals surface area contributed by atoms with E-state index in [0.29, 0.717) is 32.5 Å². The van der Waals surface area contributed by atoms with Gasteiger partial charge in [-0.05, 0) is 38.3 Å². The lowest BCUT2D eigenvalue weighted by molar-refractivity contribution is -0.124. The summed E-state index contributed by atoms with van der Waals surface area (Å²) >= 11 is 0. The van der Waals surface area contributed by atoms with Gasteiger partial charge in [0.05, 0.1) is 0 Å². The quantitative estimate of drug-likeness (QED) is 0.744. The standard InChI is InChI=1S/C12H22N2O3S/c1-18(16,17)12(5-8-13-9-6-12)11(15)14-7-4-10-2-3-10/h10,13H,2-9H2,1H3,(H,14,15). The molecular weight excluding hydrogens is 252 g/mol. The molecule has 6 heteroatoms. The first kappa shape index (κ1) is 13.8. The highest BCUT2D eigenvalue weighted by molar-refractivity contribution is 7.92. The Morgan fingerprint density at radius 2 is 1.94 bits per heavy atom. The van der Waals surface area contributed by atoms with Gasteiger partial charge in [0.2, 0.25) is 5.91 Å². The van der Waals surface area contributed by atoms with Gasteiger partial charge in [-0.3, -0.25) is 4.79 Å². The molecule has 18 heavy (non-hydrogen) atoms. The third-order valence-electron chi connectivity index (χ3n) is 4.07. The lowest BCUT2D eigenvalue weighted by Gasteiger charge is -2.34. The number of hydrogen-bond donors (Lipinski definition) is 2. The zero-order chi connectivity index (χ0) is 13.2. The van der Waals surface area contributed by atoms with Crippen LogP contribution in [0.25, 0.3) is 0 Å². The molecular formula is C12H22N2O3S. The Labute approximate surface area is 109 Å². The van der Waals surface area contributed by atoms with Crippen molar-refractivity contribution in [1.29, 1.82) is 0 Å². The largest absolute Gasteiger partial charge is 0.355 e. The third kappa shape index (κ3) is 2.85. The summed E-state index contributed by atoms with van der Waals surface area (Å²) in [4.78, 5) is 12.3. The highest BCUT2D eigenvalue weighted by Crippen LogP contribution is 2.32. The molecule has 1 heterocycles. The Bertz CT molecular complexity index is 409. The lowest BCUT2D eigenvalue weighted by Crippen LogP contribution is -2.57. The fraction of sp³-hybridized carbons (Fsp3) is 0.917. The van der Waals surface area contributed by atoms with Crippen molar-refractivity contribution in [1.82, 2.24) is 10.6 Å². The number of piperidine rings is 1. The van der Waals surface area contributed by atoms with Crippen LogP contribution in [0.3, 0.4) is 0 Å². The van der Waals surface area contributed by atoms with Gasteiger partial charge in [0, 0.05) is 12.8 Å². The molecule has 2 N–H and O–H groups in total. The number of amides is 1. The molecule has 0 unspecified atom stereocenters. The van der Waals surface area contributed by atoms with Crippen molar-refractivity contribution in [3.63, 3.8) is 0 Å². The zero-order valence-electron chi connectivity index (χ0n) is 10.9. The lowest BCUT2D eigenvalue weighted by atomic mass is 9.96. The number of carbonyl (C=O) groups excluding carboxylic acids is 1. The second-order valence-corrected chi connectivity index (χ2v) is 7.83. The minimum Gasteiger partial charge on any atom is -0.355 e. The molecule has 104 valence electrons. The maximum Gasteiger partial charge on any atom is 0.241 e. The number of carbonyl (C=O) groups is 1. The van der Waals surface area contributed by atoms with Crippen LogP contribution in [0.15, 0.2) is 0 Å². The van der Waals surface area contributed by atoms with Crippen LogP contribution in [0.5, 0.6) is 0 Å². The number of hydrogen-bond acceptors (Lipinski definition) is 4. The molecule has 2 fully saturated rings. The molecule has 1 aliphatic carbocycles. The van der Waals surface area contributed by atoms with Crippen molar-refractivity contribution >= 4 is 15.7 Å². The summed E-state index contributed by atoms with van der Waals surface area (Å²) in [5.74, 6) is 0.444. The first-order valence-corrected chi connectivity index (χ1v) is 8.53. The van der Waals surface area contributed by atoms with Crippen LogP contribution in [0.2, 0.25) is 0 Å². The van der Waals surface area contributed by atoms with Crippen molar-refractivity contribution < 1.29 is 13.2 Å². The molecule has 1 amide bonds. The highest BCUT2D eigenvalue weighted by Gasteiger charge is 2.48. The van der Waals surface area contributed by atoms with E-state index in [4.69, 9.17) is 0 Å². The van der Waals surface area contributed by atoms with Crippen molar-refractivity contribution in [2.75, 3.05) is 25.9 Å². The van der Waals surface area contributed by atoms with Crippen LogP contribution < -0.4 is 10.6 Å².